The highest BCUT2D eigenvalue weighted by Gasteiger charge is 2.20. The van der Waals surface area contributed by atoms with Gasteiger partial charge in [0.2, 0.25) is 0 Å². The van der Waals surface area contributed by atoms with Crippen LogP contribution in [-0.2, 0) is 4.79 Å². The minimum absolute atomic E-state index is 0.218. The van der Waals surface area contributed by atoms with Gasteiger partial charge in [-0.2, -0.15) is 0 Å². The highest BCUT2D eigenvalue weighted by molar-refractivity contribution is 5.88. The van der Waals surface area contributed by atoms with Crippen molar-refractivity contribution in [1.29, 1.82) is 0 Å². The van der Waals surface area contributed by atoms with E-state index in [0.717, 1.165) is 0 Å². The summed E-state index contributed by atoms with van der Waals surface area (Å²) in [6.07, 6.45) is 0.485. The Hall–Kier alpha value is -1.10. The van der Waals surface area contributed by atoms with Crippen molar-refractivity contribution in [1.82, 2.24) is 5.32 Å². The Bertz CT molecular complexity index is 190. The molecule has 0 aromatic rings. The number of amidine groups is 1. The Balaban J connectivity index is 2.53. The second-order valence-electron chi connectivity index (χ2n) is 2.31. The van der Waals surface area contributed by atoms with Crippen LogP contribution in [0.4, 0.5) is 0 Å². The van der Waals surface area contributed by atoms with E-state index in [1.165, 1.54) is 0 Å². The Morgan fingerprint density at radius 2 is 2.55 bits per heavy atom. The summed E-state index contributed by atoms with van der Waals surface area (Å²) in [6.45, 7) is 0.254. The van der Waals surface area contributed by atoms with Gasteiger partial charge in [0, 0.05) is 6.54 Å². The van der Waals surface area contributed by atoms with E-state index in [2.05, 4.69) is 10.3 Å². The fourth-order valence-corrected chi connectivity index (χ4v) is 0.928. The van der Waals surface area contributed by atoms with Gasteiger partial charge in [-0.25, -0.2) is 4.79 Å². The molecule has 62 valence electrons. The number of hydrogen-bond acceptors (Lipinski definition) is 4. The lowest BCUT2D eigenvalue weighted by molar-refractivity contribution is -0.139. The SMILES string of the molecule is O=C(O)[C@@H]1CCN=C(CO)N1. The third-order valence-corrected chi connectivity index (χ3v) is 1.51. The lowest BCUT2D eigenvalue weighted by atomic mass is 10.2. The molecule has 5 heteroatoms. The molecular weight excluding hydrogens is 148 g/mol. The first-order chi connectivity index (χ1) is 5.24. The Morgan fingerprint density at radius 1 is 1.82 bits per heavy atom. The highest BCUT2D eigenvalue weighted by Crippen LogP contribution is 1.99. The molecule has 0 saturated carbocycles. The molecular formula is C6H10N2O3. The van der Waals surface area contributed by atoms with E-state index in [-0.39, 0.29) is 6.61 Å². The molecule has 3 N–H and O–H groups in total. The molecule has 0 aromatic heterocycles. The second kappa shape index (κ2) is 3.34. The van der Waals surface area contributed by atoms with Crippen LogP contribution in [0.5, 0.6) is 0 Å². The van der Waals surface area contributed by atoms with E-state index in [9.17, 15) is 4.79 Å². The van der Waals surface area contributed by atoms with Gasteiger partial charge in [0.25, 0.3) is 0 Å². The van der Waals surface area contributed by atoms with Gasteiger partial charge in [0.1, 0.15) is 18.5 Å². The molecule has 0 fully saturated rings. The molecule has 1 heterocycles. The van der Waals surface area contributed by atoms with Crippen LogP contribution in [0.25, 0.3) is 0 Å². The summed E-state index contributed by atoms with van der Waals surface area (Å²) in [5.74, 6) is -0.533. The molecule has 0 radical (unpaired) electrons. The molecule has 0 spiro atoms. The Morgan fingerprint density at radius 3 is 3.09 bits per heavy atom. The van der Waals surface area contributed by atoms with Crippen LogP contribution in [0.3, 0.4) is 0 Å². The Labute approximate surface area is 63.8 Å². The van der Waals surface area contributed by atoms with Gasteiger partial charge in [-0.1, -0.05) is 0 Å². The third-order valence-electron chi connectivity index (χ3n) is 1.51. The average molecular weight is 158 g/mol. The van der Waals surface area contributed by atoms with Crippen molar-refractivity contribution in [2.24, 2.45) is 4.99 Å². The second-order valence-corrected chi connectivity index (χ2v) is 2.31. The third kappa shape index (κ3) is 1.91. The molecule has 0 saturated heterocycles. The number of aliphatic hydroxyl groups is 1. The zero-order valence-electron chi connectivity index (χ0n) is 5.95. The first-order valence-electron chi connectivity index (χ1n) is 3.37. The number of carboxylic acids is 1. The summed E-state index contributed by atoms with van der Waals surface area (Å²) >= 11 is 0. The van der Waals surface area contributed by atoms with Crippen LogP contribution in [0.15, 0.2) is 4.99 Å². The van der Waals surface area contributed by atoms with Crippen molar-refractivity contribution in [3.63, 3.8) is 0 Å². The summed E-state index contributed by atoms with van der Waals surface area (Å²) in [6, 6.07) is -0.588. The Kier molecular flexibility index (Phi) is 2.43. The molecule has 11 heavy (non-hydrogen) atoms. The largest absolute Gasteiger partial charge is 0.480 e. The number of nitrogens with zero attached hydrogens (tertiary/aromatic N) is 1. The van der Waals surface area contributed by atoms with Crippen LogP contribution in [0.2, 0.25) is 0 Å². The van der Waals surface area contributed by atoms with Crippen molar-refractivity contribution >= 4 is 11.8 Å². The zero-order chi connectivity index (χ0) is 8.27. The van der Waals surface area contributed by atoms with Crippen LogP contribution in [0, 0.1) is 0 Å². The van der Waals surface area contributed by atoms with E-state index >= 15 is 0 Å². The number of hydrogen-bond donors (Lipinski definition) is 3. The molecule has 1 rings (SSSR count). The smallest absolute Gasteiger partial charge is 0.326 e. The monoisotopic (exact) mass is 158 g/mol. The van der Waals surface area contributed by atoms with Crippen molar-refractivity contribution in [2.75, 3.05) is 13.2 Å². The topological polar surface area (TPSA) is 81.9 Å². The lowest BCUT2D eigenvalue weighted by Gasteiger charge is -2.19. The molecule has 1 aliphatic rings. The normalized spacial score (nSPS) is 23.7. The number of aliphatic hydroxyl groups excluding tert-OH is 1. The van der Waals surface area contributed by atoms with Crippen molar-refractivity contribution in [3.05, 3.63) is 0 Å². The van der Waals surface area contributed by atoms with E-state index in [1.807, 2.05) is 0 Å². The molecule has 1 atom stereocenters. The predicted octanol–water partition coefficient (Wildman–Crippen LogP) is -1.18. The van der Waals surface area contributed by atoms with E-state index < -0.39 is 12.0 Å². The first-order valence-corrected chi connectivity index (χ1v) is 3.37. The minimum atomic E-state index is -0.897. The molecule has 0 aliphatic carbocycles. The fraction of sp³-hybridized carbons (Fsp3) is 0.667. The van der Waals surface area contributed by atoms with Crippen LogP contribution < -0.4 is 5.32 Å². The summed E-state index contributed by atoms with van der Waals surface area (Å²) in [5, 5.41) is 19.8. The van der Waals surface area contributed by atoms with Gasteiger partial charge in [-0.15, -0.1) is 0 Å². The van der Waals surface area contributed by atoms with Gasteiger partial charge >= 0.3 is 5.97 Å². The first kappa shape index (κ1) is 8.00. The van der Waals surface area contributed by atoms with Crippen LogP contribution in [-0.4, -0.2) is 41.2 Å². The summed E-state index contributed by atoms with van der Waals surface area (Å²) in [4.78, 5) is 14.3. The maximum absolute atomic E-state index is 10.4. The predicted molar refractivity (Wildman–Crippen MR) is 38.6 cm³/mol. The van der Waals surface area contributed by atoms with Gasteiger partial charge < -0.3 is 15.5 Å². The summed E-state index contributed by atoms with van der Waals surface area (Å²) in [5.41, 5.74) is 0. The van der Waals surface area contributed by atoms with Gasteiger partial charge in [0.15, 0.2) is 0 Å². The maximum Gasteiger partial charge on any atom is 0.326 e. The number of nitrogens with one attached hydrogen (secondary N) is 1. The minimum Gasteiger partial charge on any atom is -0.480 e. The summed E-state index contributed by atoms with van der Waals surface area (Å²) < 4.78 is 0. The van der Waals surface area contributed by atoms with Gasteiger partial charge in [-0.3, -0.25) is 4.99 Å². The molecule has 0 unspecified atom stereocenters. The van der Waals surface area contributed by atoms with E-state index in [1.54, 1.807) is 0 Å². The van der Waals surface area contributed by atoms with Crippen LogP contribution in [0.1, 0.15) is 6.42 Å². The van der Waals surface area contributed by atoms with Crippen molar-refractivity contribution in [2.45, 2.75) is 12.5 Å². The molecule has 0 bridgehead atoms. The molecule has 0 amide bonds. The van der Waals surface area contributed by atoms with Crippen molar-refractivity contribution in [3.8, 4) is 0 Å². The fourth-order valence-electron chi connectivity index (χ4n) is 0.928. The lowest BCUT2D eigenvalue weighted by Crippen LogP contribution is -2.45. The molecule has 1 aliphatic heterocycles. The molecule has 0 aromatic carbocycles. The standard InChI is InChI=1S/C6H10N2O3/c9-3-5-7-2-1-4(8-5)6(10)11/h4,9H,1-3H2,(H,7,8)(H,10,11)/t4-/m0/s1. The maximum atomic E-state index is 10.4. The number of rotatable bonds is 2. The number of aliphatic imine (C=N–C) groups is 1. The van der Waals surface area contributed by atoms with Gasteiger partial charge in [-0.05, 0) is 6.42 Å². The highest BCUT2D eigenvalue weighted by atomic mass is 16.4. The van der Waals surface area contributed by atoms with E-state index in [0.29, 0.717) is 18.8 Å². The average Bonchev–Trinajstić information content (AvgIpc) is 2.05. The quantitative estimate of drug-likeness (QED) is 0.472. The van der Waals surface area contributed by atoms with Crippen molar-refractivity contribution < 1.29 is 15.0 Å². The number of aliphatic carboxylic acids is 1. The van der Waals surface area contributed by atoms with E-state index in [4.69, 9.17) is 10.2 Å². The summed E-state index contributed by atoms with van der Waals surface area (Å²) in [7, 11) is 0. The number of carbonyl (C=O) groups is 1. The zero-order valence-corrected chi connectivity index (χ0v) is 5.95. The number of carboxylic acid groups (broad SMARTS) is 1. The molecule has 5 nitrogen and oxygen atoms in total. The van der Waals surface area contributed by atoms with Gasteiger partial charge in [0.05, 0.1) is 0 Å². The van der Waals surface area contributed by atoms with Crippen LogP contribution >= 0.6 is 0 Å².